The maximum atomic E-state index is 3.36. The first kappa shape index (κ1) is 8.45. The molecule has 2 N–H and O–H groups in total. The molecule has 0 radical (unpaired) electrons. The molecule has 0 aliphatic carbocycles. The lowest BCUT2D eigenvalue weighted by Crippen LogP contribution is -2.43. The summed E-state index contributed by atoms with van der Waals surface area (Å²) in [4.78, 5) is 0. The molecule has 0 aromatic carbocycles. The molecule has 1 unspecified atom stereocenters. The van der Waals surface area contributed by atoms with Crippen molar-refractivity contribution in [1.29, 1.82) is 0 Å². The lowest BCUT2D eigenvalue weighted by atomic mass is 9.97. The average Bonchev–Trinajstić information content (AvgIpc) is 1.89. The molecule has 1 saturated heterocycles. The quantitative estimate of drug-likeness (QED) is 0.564. The minimum Gasteiger partial charge on any atom is -0.319 e. The van der Waals surface area contributed by atoms with Gasteiger partial charge in [0, 0.05) is 6.54 Å². The van der Waals surface area contributed by atoms with Crippen molar-refractivity contribution < 1.29 is 0 Å². The maximum absolute atomic E-state index is 3.36. The van der Waals surface area contributed by atoms with Crippen LogP contribution in [0.2, 0.25) is 0 Å². The first-order valence-electron chi connectivity index (χ1n) is 3.91. The molecule has 0 aromatic rings. The zero-order valence-corrected chi connectivity index (χ0v) is 7.77. The second-order valence-corrected chi connectivity index (χ2v) is 4.37. The molecule has 1 aliphatic rings. The Labute approximate surface area is 65.4 Å². The van der Waals surface area contributed by atoms with Crippen molar-refractivity contribution in [2.75, 3.05) is 26.7 Å². The summed E-state index contributed by atoms with van der Waals surface area (Å²) in [5.74, 6) is 0. The van der Waals surface area contributed by atoms with Crippen molar-refractivity contribution in [3.05, 3.63) is 0 Å². The van der Waals surface area contributed by atoms with Gasteiger partial charge in [0.25, 0.3) is 0 Å². The number of hydrogen-bond acceptors (Lipinski definition) is 2. The van der Waals surface area contributed by atoms with Crippen LogP contribution in [0.25, 0.3) is 0 Å². The molecule has 1 heterocycles. The Hall–Kier alpha value is 0.350. The second kappa shape index (κ2) is 3.66. The molecular weight excluding hydrogens is 143 g/mol. The monoisotopic (exact) mass is 160 g/mol. The van der Waals surface area contributed by atoms with E-state index in [-0.39, 0.29) is 0 Å². The molecule has 3 heteroatoms. The van der Waals surface area contributed by atoms with Crippen molar-refractivity contribution in [3.63, 3.8) is 0 Å². The van der Waals surface area contributed by atoms with Crippen molar-refractivity contribution in [1.82, 2.24) is 10.6 Å². The first-order valence-corrected chi connectivity index (χ1v) is 4.49. The summed E-state index contributed by atoms with van der Waals surface area (Å²) in [6.45, 7) is 3.47. The summed E-state index contributed by atoms with van der Waals surface area (Å²) in [7, 11) is 5.00. The third-order valence-electron chi connectivity index (χ3n) is 2.13. The lowest BCUT2D eigenvalue weighted by Gasteiger charge is -2.33. The molecule has 0 saturated carbocycles. The van der Waals surface area contributed by atoms with Crippen LogP contribution < -0.4 is 10.6 Å². The fourth-order valence-electron chi connectivity index (χ4n) is 1.45. The fourth-order valence-corrected chi connectivity index (χ4v) is 1.95. The van der Waals surface area contributed by atoms with Gasteiger partial charge < -0.3 is 10.6 Å². The van der Waals surface area contributed by atoms with E-state index in [4.69, 9.17) is 0 Å². The highest BCUT2D eigenvalue weighted by atomic mass is 31.0. The van der Waals surface area contributed by atoms with Gasteiger partial charge in [-0.2, -0.15) is 0 Å². The topological polar surface area (TPSA) is 24.1 Å². The zero-order valence-electron chi connectivity index (χ0n) is 6.61. The minimum absolute atomic E-state index is 0.472. The smallest absolute Gasteiger partial charge is 0.00403 e. The molecule has 1 fully saturated rings. The first-order chi connectivity index (χ1) is 4.77. The Balaban J connectivity index is 2.32. The Morgan fingerprint density at radius 1 is 1.50 bits per heavy atom. The van der Waals surface area contributed by atoms with Gasteiger partial charge in [-0.3, -0.25) is 0 Å². The molecule has 0 aromatic heterocycles. The predicted octanol–water partition coefficient (Wildman–Crippen LogP) is 0.203. The van der Waals surface area contributed by atoms with E-state index in [1.807, 2.05) is 7.05 Å². The Morgan fingerprint density at radius 3 is 2.60 bits per heavy atom. The van der Waals surface area contributed by atoms with Crippen molar-refractivity contribution in [2.24, 2.45) is 0 Å². The van der Waals surface area contributed by atoms with E-state index in [1.54, 1.807) is 0 Å². The van der Waals surface area contributed by atoms with Gasteiger partial charge in [-0.15, -0.1) is 9.24 Å². The molecular formula is C7H17N2P. The van der Waals surface area contributed by atoms with Crippen LogP contribution in [0.15, 0.2) is 0 Å². The molecule has 0 bridgehead atoms. The Kier molecular flexibility index (Phi) is 3.09. The van der Waals surface area contributed by atoms with E-state index < -0.39 is 0 Å². The second-order valence-electron chi connectivity index (χ2n) is 3.14. The molecule has 0 amide bonds. The van der Waals surface area contributed by atoms with E-state index in [2.05, 4.69) is 19.9 Å². The highest BCUT2D eigenvalue weighted by Gasteiger charge is 2.25. The Morgan fingerprint density at radius 2 is 2.10 bits per heavy atom. The van der Waals surface area contributed by atoms with Crippen LogP contribution in [0.3, 0.4) is 0 Å². The standard InChI is InChI=1S/C7H17N2P/c1-8-6-7(10)2-4-9-5-3-7/h8-9H,2-6,10H2,1H3. The van der Waals surface area contributed by atoms with E-state index in [1.165, 1.54) is 25.9 Å². The summed E-state index contributed by atoms with van der Waals surface area (Å²) < 4.78 is 0. The zero-order chi connectivity index (χ0) is 7.45. The van der Waals surface area contributed by atoms with Gasteiger partial charge in [-0.1, -0.05) is 0 Å². The van der Waals surface area contributed by atoms with Gasteiger partial charge >= 0.3 is 0 Å². The highest BCUT2D eigenvalue weighted by Crippen LogP contribution is 2.27. The van der Waals surface area contributed by atoms with Gasteiger partial charge in [0.05, 0.1) is 0 Å². The Bertz CT molecular complexity index is 94.3. The van der Waals surface area contributed by atoms with Gasteiger partial charge in [-0.25, -0.2) is 0 Å². The minimum atomic E-state index is 0.472. The third kappa shape index (κ3) is 2.19. The molecule has 1 rings (SSSR count). The summed E-state index contributed by atoms with van der Waals surface area (Å²) in [6.07, 6.45) is 2.55. The number of nitrogens with one attached hydrogen (secondary N) is 2. The third-order valence-corrected chi connectivity index (χ3v) is 2.91. The highest BCUT2D eigenvalue weighted by molar-refractivity contribution is 7.19. The number of rotatable bonds is 2. The number of hydrogen-bond donors (Lipinski definition) is 2. The maximum Gasteiger partial charge on any atom is 0.00403 e. The molecule has 0 spiro atoms. The van der Waals surface area contributed by atoms with Gasteiger partial charge in [0.15, 0.2) is 0 Å². The molecule has 10 heavy (non-hydrogen) atoms. The molecule has 2 nitrogen and oxygen atoms in total. The van der Waals surface area contributed by atoms with E-state index in [0.29, 0.717) is 5.16 Å². The van der Waals surface area contributed by atoms with Crippen LogP contribution in [-0.2, 0) is 0 Å². The van der Waals surface area contributed by atoms with E-state index >= 15 is 0 Å². The van der Waals surface area contributed by atoms with Gasteiger partial charge in [0.2, 0.25) is 0 Å². The molecule has 1 aliphatic heterocycles. The average molecular weight is 160 g/mol. The molecule has 60 valence electrons. The van der Waals surface area contributed by atoms with Gasteiger partial charge in [-0.05, 0) is 38.1 Å². The van der Waals surface area contributed by atoms with Crippen LogP contribution >= 0.6 is 9.24 Å². The summed E-state index contributed by atoms with van der Waals surface area (Å²) in [5.41, 5.74) is 0. The lowest BCUT2D eigenvalue weighted by molar-refractivity contribution is 0.402. The normalized spacial score (nSPS) is 24.6. The fraction of sp³-hybridized carbons (Fsp3) is 1.00. The number of piperidine rings is 1. The van der Waals surface area contributed by atoms with Crippen LogP contribution in [0, 0.1) is 0 Å². The van der Waals surface area contributed by atoms with E-state index in [0.717, 1.165) is 6.54 Å². The van der Waals surface area contributed by atoms with Crippen LogP contribution in [0.1, 0.15) is 12.8 Å². The van der Waals surface area contributed by atoms with Crippen LogP contribution in [-0.4, -0.2) is 31.8 Å². The van der Waals surface area contributed by atoms with Crippen LogP contribution in [0.4, 0.5) is 0 Å². The summed E-state index contributed by atoms with van der Waals surface area (Å²) in [5, 5.41) is 7.06. The van der Waals surface area contributed by atoms with Gasteiger partial charge in [0.1, 0.15) is 0 Å². The predicted molar refractivity (Wildman–Crippen MR) is 48.5 cm³/mol. The van der Waals surface area contributed by atoms with Crippen LogP contribution in [0.5, 0.6) is 0 Å². The van der Waals surface area contributed by atoms with Crippen molar-refractivity contribution in [3.8, 4) is 0 Å². The summed E-state index contributed by atoms with van der Waals surface area (Å²) in [6, 6.07) is 0. The largest absolute Gasteiger partial charge is 0.319 e. The molecule has 1 atom stereocenters. The SMILES string of the molecule is CNCC1(P)CCNCC1. The van der Waals surface area contributed by atoms with Crippen molar-refractivity contribution in [2.45, 2.75) is 18.0 Å². The van der Waals surface area contributed by atoms with E-state index in [9.17, 15) is 0 Å². The van der Waals surface area contributed by atoms with Crippen molar-refractivity contribution >= 4 is 9.24 Å². The summed E-state index contributed by atoms with van der Waals surface area (Å²) >= 11 is 0.